The molecule has 0 bridgehead atoms. The lowest BCUT2D eigenvalue weighted by molar-refractivity contribution is 0.102. The molecule has 0 radical (unpaired) electrons. The zero-order valence-corrected chi connectivity index (χ0v) is 11.2. The van der Waals surface area contributed by atoms with E-state index in [9.17, 15) is 10.2 Å². The lowest BCUT2D eigenvalue weighted by Gasteiger charge is -2.26. The molecular formula is C14H12Cl2O2. The quantitative estimate of drug-likeness (QED) is 0.876. The van der Waals surface area contributed by atoms with Gasteiger partial charge in [-0.15, -0.1) is 0 Å². The van der Waals surface area contributed by atoms with Gasteiger partial charge in [0.25, 0.3) is 0 Å². The molecule has 2 aromatic carbocycles. The highest BCUT2D eigenvalue weighted by atomic mass is 35.5. The molecule has 0 aromatic heterocycles. The highest BCUT2D eigenvalue weighted by molar-refractivity contribution is 6.42. The fourth-order valence-electron chi connectivity index (χ4n) is 1.82. The van der Waals surface area contributed by atoms with Crippen LogP contribution in [0.15, 0.2) is 42.5 Å². The topological polar surface area (TPSA) is 40.5 Å². The lowest BCUT2D eigenvalue weighted by Crippen LogP contribution is -2.23. The molecule has 0 spiro atoms. The molecule has 4 heteroatoms. The summed E-state index contributed by atoms with van der Waals surface area (Å²) in [6.45, 7) is 1.64. The SMILES string of the molecule is CC(O)(c1ccc(O)cc1)c1cccc(Cl)c1Cl. The summed E-state index contributed by atoms with van der Waals surface area (Å²) in [7, 11) is 0. The average Bonchev–Trinajstić information content (AvgIpc) is 2.33. The Balaban J connectivity index is 2.54. The molecule has 94 valence electrons. The van der Waals surface area contributed by atoms with Gasteiger partial charge in [0.15, 0.2) is 0 Å². The highest BCUT2D eigenvalue weighted by Crippen LogP contribution is 2.37. The van der Waals surface area contributed by atoms with E-state index in [2.05, 4.69) is 0 Å². The van der Waals surface area contributed by atoms with Crippen molar-refractivity contribution in [3.8, 4) is 5.75 Å². The van der Waals surface area contributed by atoms with Gasteiger partial charge in [-0.2, -0.15) is 0 Å². The van der Waals surface area contributed by atoms with E-state index in [0.717, 1.165) is 0 Å². The molecule has 0 aliphatic heterocycles. The van der Waals surface area contributed by atoms with E-state index >= 15 is 0 Å². The van der Waals surface area contributed by atoms with Gasteiger partial charge in [0, 0.05) is 5.56 Å². The van der Waals surface area contributed by atoms with Crippen molar-refractivity contribution in [2.24, 2.45) is 0 Å². The number of hydrogen-bond acceptors (Lipinski definition) is 2. The Morgan fingerprint density at radius 2 is 1.61 bits per heavy atom. The van der Waals surface area contributed by atoms with Crippen LogP contribution in [0.5, 0.6) is 5.75 Å². The number of benzene rings is 2. The van der Waals surface area contributed by atoms with E-state index in [-0.39, 0.29) is 5.75 Å². The van der Waals surface area contributed by atoms with Gasteiger partial charge < -0.3 is 10.2 Å². The lowest BCUT2D eigenvalue weighted by atomic mass is 9.88. The number of aliphatic hydroxyl groups is 1. The largest absolute Gasteiger partial charge is 0.508 e. The van der Waals surface area contributed by atoms with Crippen LogP contribution in [0.2, 0.25) is 10.0 Å². The molecule has 0 heterocycles. The smallest absolute Gasteiger partial charge is 0.115 e. The molecule has 0 aliphatic carbocycles. The fourth-order valence-corrected chi connectivity index (χ4v) is 2.31. The fraction of sp³-hybridized carbons (Fsp3) is 0.143. The second-order valence-electron chi connectivity index (χ2n) is 4.22. The van der Waals surface area contributed by atoms with Crippen LogP contribution >= 0.6 is 23.2 Å². The maximum atomic E-state index is 10.6. The maximum absolute atomic E-state index is 10.6. The summed E-state index contributed by atoms with van der Waals surface area (Å²) in [5, 5.41) is 20.6. The Morgan fingerprint density at radius 3 is 2.22 bits per heavy atom. The van der Waals surface area contributed by atoms with Crippen LogP contribution in [-0.2, 0) is 5.60 Å². The van der Waals surface area contributed by atoms with E-state index in [0.29, 0.717) is 21.2 Å². The third-order valence-corrected chi connectivity index (χ3v) is 3.72. The van der Waals surface area contributed by atoms with Crippen LogP contribution in [0.1, 0.15) is 18.1 Å². The molecule has 2 nitrogen and oxygen atoms in total. The summed E-state index contributed by atoms with van der Waals surface area (Å²) >= 11 is 12.1. The highest BCUT2D eigenvalue weighted by Gasteiger charge is 2.28. The van der Waals surface area contributed by atoms with Crippen molar-refractivity contribution in [1.29, 1.82) is 0 Å². The average molecular weight is 283 g/mol. The Bertz CT molecular complexity index is 563. The minimum atomic E-state index is -1.27. The number of aromatic hydroxyl groups is 1. The Labute approximate surface area is 115 Å². The standard InChI is InChI=1S/C14H12Cl2O2/c1-14(18,9-5-7-10(17)8-6-9)11-3-2-4-12(15)13(11)16/h2-8,17-18H,1H3. The number of hydrogen-bond donors (Lipinski definition) is 2. The van der Waals surface area contributed by atoms with Crippen LogP contribution in [0.4, 0.5) is 0 Å². The third kappa shape index (κ3) is 2.32. The van der Waals surface area contributed by atoms with Gasteiger partial charge in [0.1, 0.15) is 11.4 Å². The summed E-state index contributed by atoms with van der Waals surface area (Å²) in [5.41, 5.74) is -0.109. The van der Waals surface area contributed by atoms with Crippen LogP contribution in [0.25, 0.3) is 0 Å². The molecule has 0 aliphatic rings. The van der Waals surface area contributed by atoms with Crippen molar-refractivity contribution in [3.05, 3.63) is 63.6 Å². The van der Waals surface area contributed by atoms with Crippen molar-refractivity contribution in [1.82, 2.24) is 0 Å². The first-order valence-corrected chi connectivity index (χ1v) is 6.15. The van der Waals surface area contributed by atoms with Gasteiger partial charge in [-0.25, -0.2) is 0 Å². The van der Waals surface area contributed by atoms with Crippen LogP contribution in [0, 0.1) is 0 Å². The zero-order valence-electron chi connectivity index (χ0n) is 9.69. The summed E-state index contributed by atoms with van der Waals surface area (Å²) < 4.78 is 0. The first kappa shape index (κ1) is 13.2. The summed E-state index contributed by atoms with van der Waals surface area (Å²) in [5.74, 6) is 0.145. The molecule has 1 atom stereocenters. The molecule has 0 saturated carbocycles. The van der Waals surface area contributed by atoms with Crippen molar-refractivity contribution in [2.75, 3.05) is 0 Å². The van der Waals surface area contributed by atoms with Crippen LogP contribution in [-0.4, -0.2) is 10.2 Å². The van der Waals surface area contributed by atoms with Gasteiger partial charge in [-0.05, 0) is 30.7 Å². The number of halogens is 2. The maximum Gasteiger partial charge on any atom is 0.115 e. The number of phenols is 1. The van der Waals surface area contributed by atoms with E-state index in [1.807, 2.05) is 0 Å². The van der Waals surface area contributed by atoms with Crippen LogP contribution in [0.3, 0.4) is 0 Å². The minimum absolute atomic E-state index is 0.145. The summed E-state index contributed by atoms with van der Waals surface area (Å²) in [6.07, 6.45) is 0. The molecular weight excluding hydrogens is 271 g/mol. The van der Waals surface area contributed by atoms with Gasteiger partial charge >= 0.3 is 0 Å². The number of rotatable bonds is 2. The monoisotopic (exact) mass is 282 g/mol. The summed E-state index contributed by atoms with van der Waals surface area (Å²) in [6, 6.07) is 11.4. The summed E-state index contributed by atoms with van der Waals surface area (Å²) in [4.78, 5) is 0. The van der Waals surface area contributed by atoms with E-state index in [1.54, 1.807) is 37.3 Å². The Kier molecular flexibility index (Phi) is 3.53. The van der Waals surface area contributed by atoms with Gasteiger partial charge in [0.2, 0.25) is 0 Å². The van der Waals surface area contributed by atoms with Gasteiger partial charge in [0.05, 0.1) is 10.0 Å². The zero-order chi connectivity index (χ0) is 13.3. The van der Waals surface area contributed by atoms with E-state index in [4.69, 9.17) is 23.2 Å². The first-order chi connectivity index (χ1) is 8.43. The molecule has 0 saturated heterocycles. The molecule has 2 N–H and O–H groups in total. The van der Waals surface area contributed by atoms with Crippen LogP contribution < -0.4 is 0 Å². The first-order valence-electron chi connectivity index (χ1n) is 5.39. The molecule has 0 fully saturated rings. The van der Waals surface area contributed by atoms with Crippen molar-refractivity contribution >= 4 is 23.2 Å². The Morgan fingerprint density at radius 1 is 1.00 bits per heavy atom. The second kappa shape index (κ2) is 4.81. The molecule has 2 rings (SSSR count). The molecule has 1 unspecified atom stereocenters. The van der Waals surface area contributed by atoms with Gasteiger partial charge in [-0.1, -0.05) is 47.5 Å². The number of phenolic OH excluding ortho intramolecular Hbond substituents is 1. The molecule has 0 amide bonds. The minimum Gasteiger partial charge on any atom is -0.508 e. The van der Waals surface area contributed by atoms with Crippen molar-refractivity contribution in [3.63, 3.8) is 0 Å². The predicted molar refractivity (Wildman–Crippen MR) is 73.2 cm³/mol. The molecule has 18 heavy (non-hydrogen) atoms. The Hall–Kier alpha value is -1.22. The van der Waals surface area contributed by atoms with E-state index < -0.39 is 5.60 Å². The van der Waals surface area contributed by atoms with E-state index in [1.165, 1.54) is 12.1 Å². The van der Waals surface area contributed by atoms with Crippen molar-refractivity contribution in [2.45, 2.75) is 12.5 Å². The van der Waals surface area contributed by atoms with Gasteiger partial charge in [-0.3, -0.25) is 0 Å². The second-order valence-corrected chi connectivity index (χ2v) is 5.01. The normalized spacial score (nSPS) is 14.2. The third-order valence-electron chi connectivity index (χ3n) is 2.91. The predicted octanol–water partition coefficient (Wildman–Crippen LogP) is 3.95. The molecule has 2 aromatic rings. The van der Waals surface area contributed by atoms with Crippen molar-refractivity contribution < 1.29 is 10.2 Å².